The lowest BCUT2D eigenvalue weighted by molar-refractivity contribution is -0.115. The summed E-state index contributed by atoms with van der Waals surface area (Å²) < 4.78 is 0. The molecule has 1 heterocycles. The molecule has 1 atom stereocenters. The molecule has 1 aromatic carbocycles. The van der Waals surface area contributed by atoms with Crippen LogP contribution in [0.3, 0.4) is 0 Å². The standard InChI is InChI=1S/C15H15Cl2N3O/c1-10(11-5-2-3-6-12(11)16)19-9-14(21)20-13-7-4-8-18-15(13)17/h2-8,10,19H,9H2,1H3,(H,20,21)/t10-/m1/s1. The summed E-state index contributed by atoms with van der Waals surface area (Å²) in [5, 5.41) is 6.76. The Morgan fingerprint density at radius 3 is 2.71 bits per heavy atom. The third-order valence-corrected chi connectivity index (χ3v) is 3.62. The van der Waals surface area contributed by atoms with Crippen LogP contribution in [0.4, 0.5) is 5.69 Å². The van der Waals surface area contributed by atoms with E-state index in [0.717, 1.165) is 5.56 Å². The van der Waals surface area contributed by atoms with Crippen LogP contribution in [0.5, 0.6) is 0 Å². The molecule has 1 aromatic heterocycles. The van der Waals surface area contributed by atoms with Gasteiger partial charge in [0.1, 0.15) is 0 Å². The van der Waals surface area contributed by atoms with E-state index in [9.17, 15) is 4.79 Å². The third kappa shape index (κ3) is 4.43. The monoisotopic (exact) mass is 323 g/mol. The zero-order valence-corrected chi connectivity index (χ0v) is 12.9. The molecule has 2 N–H and O–H groups in total. The molecule has 0 bridgehead atoms. The maximum atomic E-state index is 11.9. The van der Waals surface area contributed by atoms with Crippen LogP contribution < -0.4 is 10.6 Å². The number of nitrogens with one attached hydrogen (secondary N) is 2. The summed E-state index contributed by atoms with van der Waals surface area (Å²) in [6.07, 6.45) is 1.57. The summed E-state index contributed by atoms with van der Waals surface area (Å²) in [4.78, 5) is 15.8. The number of nitrogens with zero attached hydrogens (tertiary/aromatic N) is 1. The van der Waals surface area contributed by atoms with Gasteiger partial charge < -0.3 is 10.6 Å². The minimum atomic E-state index is -0.191. The van der Waals surface area contributed by atoms with E-state index in [-0.39, 0.29) is 23.6 Å². The maximum Gasteiger partial charge on any atom is 0.238 e. The van der Waals surface area contributed by atoms with Gasteiger partial charge in [-0.25, -0.2) is 4.98 Å². The van der Waals surface area contributed by atoms with Gasteiger partial charge in [-0.05, 0) is 30.7 Å². The first kappa shape index (κ1) is 15.8. The normalized spacial score (nSPS) is 12.0. The number of carbonyl (C=O) groups excluding carboxylic acids is 1. The zero-order valence-electron chi connectivity index (χ0n) is 11.4. The minimum Gasteiger partial charge on any atom is -0.322 e. The van der Waals surface area contributed by atoms with Crippen molar-refractivity contribution in [3.8, 4) is 0 Å². The predicted molar refractivity (Wildman–Crippen MR) is 85.7 cm³/mol. The lowest BCUT2D eigenvalue weighted by Crippen LogP contribution is -2.30. The first-order valence-electron chi connectivity index (χ1n) is 6.46. The van der Waals surface area contributed by atoms with E-state index in [4.69, 9.17) is 23.2 Å². The quantitative estimate of drug-likeness (QED) is 0.825. The van der Waals surface area contributed by atoms with Gasteiger partial charge in [-0.2, -0.15) is 0 Å². The first-order chi connectivity index (χ1) is 10.1. The molecule has 2 rings (SSSR count). The molecule has 6 heteroatoms. The molecular formula is C15H15Cl2N3O. The number of amides is 1. The first-order valence-corrected chi connectivity index (χ1v) is 7.21. The number of hydrogen-bond donors (Lipinski definition) is 2. The average molecular weight is 324 g/mol. The molecule has 0 radical (unpaired) electrons. The molecule has 110 valence electrons. The van der Waals surface area contributed by atoms with Gasteiger partial charge in [-0.1, -0.05) is 41.4 Å². The van der Waals surface area contributed by atoms with Gasteiger partial charge in [0, 0.05) is 17.3 Å². The number of anilines is 1. The highest BCUT2D eigenvalue weighted by Crippen LogP contribution is 2.22. The molecular weight excluding hydrogens is 309 g/mol. The molecule has 0 aliphatic carbocycles. The number of halogens is 2. The molecule has 0 saturated carbocycles. The number of aromatic nitrogens is 1. The molecule has 0 unspecified atom stereocenters. The molecule has 2 aromatic rings. The Labute approximate surface area is 133 Å². The minimum absolute atomic E-state index is 0.0335. The molecule has 0 fully saturated rings. The van der Waals surface area contributed by atoms with Crippen LogP contribution in [0.15, 0.2) is 42.6 Å². The lowest BCUT2D eigenvalue weighted by atomic mass is 10.1. The van der Waals surface area contributed by atoms with Crippen LogP contribution in [0.25, 0.3) is 0 Å². The summed E-state index contributed by atoms with van der Waals surface area (Å²) in [6.45, 7) is 2.10. The second kappa shape index (κ2) is 7.41. The van der Waals surface area contributed by atoms with Gasteiger partial charge in [0.25, 0.3) is 0 Å². The number of carbonyl (C=O) groups is 1. The van der Waals surface area contributed by atoms with Gasteiger partial charge >= 0.3 is 0 Å². The van der Waals surface area contributed by atoms with Crippen molar-refractivity contribution in [2.45, 2.75) is 13.0 Å². The van der Waals surface area contributed by atoms with Crippen molar-refractivity contribution in [1.29, 1.82) is 0 Å². The Morgan fingerprint density at radius 1 is 1.24 bits per heavy atom. The summed E-state index contributed by atoms with van der Waals surface area (Å²) in [7, 11) is 0. The highest BCUT2D eigenvalue weighted by Gasteiger charge is 2.11. The average Bonchev–Trinajstić information content (AvgIpc) is 2.48. The lowest BCUT2D eigenvalue weighted by Gasteiger charge is -2.15. The van der Waals surface area contributed by atoms with E-state index in [2.05, 4.69) is 15.6 Å². The third-order valence-electron chi connectivity index (χ3n) is 2.97. The Morgan fingerprint density at radius 2 is 2.00 bits per heavy atom. The molecule has 0 aliphatic rings. The van der Waals surface area contributed by atoms with E-state index in [1.165, 1.54) is 0 Å². The number of rotatable bonds is 5. The Balaban J connectivity index is 1.90. The van der Waals surface area contributed by atoms with Crippen molar-refractivity contribution in [2.75, 3.05) is 11.9 Å². The molecule has 21 heavy (non-hydrogen) atoms. The molecule has 0 aliphatic heterocycles. The van der Waals surface area contributed by atoms with Gasteiger partial charge in [-0.15, -0.1) is 0 Å². The van der Waals surface area contributed by atoms with Crippen molar-refractivity contribution in [2.24, 2.45) is 0 Å². The predicted octanol–water partition coefficient (Wildman–Crippen LogP) is 3.68. The van der Waals surface area contributed by atoms with Gasteiger partial charge in [0.05, 0.1) is 12.2 Å². The van der Waals surface area contributed by atoms with Crippen molar-refractivity contribution in [3.05, 3.63) is 58.3 Å². The SMILES string of the molecule is C[C@@H](NCC(=O)Nc1cccnc1Cl)c1ccccc1Cl. The van der Waals surface area contributed by atoms with Crippen LogP contribution in [-0.2, 0) is 4.79 Å². The van der Waals surface area contributed by atoms with E-state index in [1.807, 2.05) is 31.2 Å². The van der Waals surface area contributed by atoms with Gasteiger partial charge in [-0.3, -0.25) is 4.79 Å². The van der Waals surface area contributed by atoms with Crippen molar-refractivity contribution in [3.63, 3.8) is 0 Å². The fourth-order valence-electron chi connectivity index (χ4n) is 1.86. The summed E-state index contributed by atoms with van der Waals surface area (Å²) >= 11 is 12.0. The van der Waals surface area contributed by atoms with Crippen LogP contribution >= 0.6 is 23.2 Å². The highest BCUT2D eigenvalue weighted by molar-refractivity contribution is 6.32. The second-order valence-electron chi connectivity index (χ2n) is 4.51. The van der Waals surface area contributed by atoms with Crippen LogP contribution in [-0.4, -0.2) is 17.4 Å². The zero-order chi connectivity index (χ0) is 15.2. The Kier molecular flexibility index (Phi) is 5.56. The number of pyridine rings is 1. The fourth-order valence-corrected chi connectivity index (χ4v) is 2.32. The summed E-state index contributed by atoms with van der Waals surface area (Å²) in [6, 6.07) is 10.9. The second-order valence-corrected chi connectivity index (χ2v) is 5.28. The summed E-state index contributed by atoms with van der Waals surface area (Å²) in [5.41, 5.74) is 1.45. The maximum absolute atomic E-state index is 11.9. The van der Waals surface area contributed by atoms with Crippen LogP contribution in [0, 0.1) is 0 Å². The van der Waals surface area contributed by atoms with E-state index >= 15 is 0 Å². The van der Waals surface area contributed by atoms with E-state index < -0.39 is 0 Å². The van der Waals surface area contributed by atoms with Gasteiger partial charge in [0.2, 0.25) is 5.91 Å². The molecule has 4 nitrogen and oxygen atoms in total. The largest absolute Gasteiger partial charge is 0.322 e. The van der Waals surface area contributed by atoms with Crippen molar-refractivity contribution < 1.29 is 4.79 Å². The van der Waals surface area contributed by atoms with Crippen molar-refractivity contribution in [1.82, 2.24) is 10.3 Å². The molecule has 1 amide bonds. The van der Waals surface area contributed by atoms with E-state index in [0.29, 0.717) is 10.7 Å². The molecule has 0 saturated heterocycles. The highest BCUT2D eigenvalue weighted by atomic mass is 35.5. The van der Waals surface area contributed by atoms with Crippen molar-refractivity contribution >= 4 is 34.8 Å². The topological polar surface area (TPSA) is 54.0 Å². The smallest absolute Gasteiger partial charge is 0.238 e. The summed E-state index contributed by atoms with van der Waals surface area (Å²) in [5.74, 6) is -0.191. The van der Waals surface area contributed by atoms with Crippen LogP contribution in [0.2, 0.25) is 10.2 Å². The Bertz CT molecular complexity index is 634. The number of benzene rings is 1. The molecule has 0 spiro atoms. The number of hydrogen-bond acceptors (Lipinski definition) is 3. The Hall–Kier alpha value is -1.62. The van der Waals surface area contributed by atoms with E-state index in [1.54, 1.807) is 18.3 Å². The van der Waals surface area contributed by atoms with Gasteiger partial charge in [0.15, 0.2) is 5.15 Å². The van der Waals surface area contributed by atoms with Crippen LogP contribution in [0.1, 0.15) is 18.5 Å². The fraction of sp³-hybridized carbons (Fsp3) is 0.200.